The Morgan fingerprint density at radius 3 is 2.88 bits per heavy atom. The van der Waals surface area contributed by atoms with Gasteiger partial charge < -0.3 is 10.1 Å². The average Bonchev–Trinajstić information content (AvgIpc) is 2.28. The van der Waals surface area contributed by atoms with Crippen molar-refractivity contribution in [3.05, 3.63) is 0 Å². The zero-order valence-corrected chi connectivity index (χ0v) is 10.5. The number of hydrogen-bond acceptors (Lipinski definition) is 3. The van der Waals surface area contributed by atoms with E-state index in [4.69, 9.17) is 4.74 Å². The van der Waals surface area contributed by atoms with Crippen LogP contribution in [0.15, 0.2) is 0 Å². The molecule has 1 spiro atoms. The lowest BCUT2D eigenvalue weighted by atomic mass is 9.86. The third-order valence-electron chi connectivity index (χ3n) is 3.47. The van der Waals surface area contributed by atoms with Crippen LogP contribution in [0.5, 0.6) is 0 Å². The maximum Gasteiger partial charge on any atom is 0.389 e. The lowest BCUT2D eigenvalue weighted by Gasteiger charge is -2.46. The molecule has 2 rings (SSSR count). The topological polar surface area (TPSA) is 21.3 Å². The zero-order chi connectivity index (χ0) is 12.4. The molecule has 17 heavy (non-hydrogen) atoms. The van der Waals surface area contributed by atoms with Crippen molar-refractivity contribution < 1.29 is 17.9 Å². The van der Waals surface area contributed by atoms with Gasteiger partial charge in [-0.15, -0.1) is 0 Å². The van der Waals surface area contributed by atoms with Gasteiger partial charge in [-0.3, -0.25) is 0 Å². The van der Waals surface area contributed by atoms with Crippen molar-refractivity contribution >= 4 is 11.8 Å². The highest BCUT2D eigenvalue weighted by molar-refractivity contribution is 7.99. The van der Waals surface area contributed by atoms with Crippen molar-refractivity contribution in [1.82, 2.24) is 5.32 Å². The van der Waals surface area contributed by atoms with Gasteiger partial charge in [0.05, 0.1) is 12.2 Å². The van der Waals surface area contributed by atoms with Gasteiger partial charge in [0.2, 0.25) is 0 Å². The molecule has 2 fully saturated rings. The van der Waals surface area contributed by atoms with Gasteiger partial charge in [-0.05, 0) is 25.0 Å². The molecule has 0 aromatic rings. The second-order valence-corrected chi connectivity index (χ2v) is 5.84. The molecule has 2 unspecified atom stereocenters. The Morgan fingerprint density at radius 2 is 2.24 bits per heavy atom. The highest BCUT2D eigenvalue weighted by Crippen LogP contribution is 2.37. The van der Waals surface area contributed by atoms with Crippen molar-refractivity contribution in [2.75, 3.05) is 24.7 Å². The Kier molecular flexibility index (Phi) is 4.26. The van der Waals surface area contributed by atoms with Crippen LogP contribution in [0, 0.1) is 0 Å². The summed E-state index contributed by atoms with van der Waals surface area (Å²) >= 11 is 1.79. The van der Waals surface area contributed by atoms with Crippen LogP contribution in [-0.2, 0) is 4.74 Å². The highest BCUT2D eigenvalue weighted by atomic mass is 32.2. The van der Waals surface area contributed by atoms with Gasteiger partial charge in [0.15, 0.2) is 0 Å². The number of ether oxygens (including phenoxy) is 1. The first-order valence-corrected chi connectivity index (χ1v) is 7.19. The fourth-order valence-electron chi connectivity index (χ4n) is 2.63. The lowest BCUT2D eigenvalue weighted by Crippen LogP contribution is -2.60. The quantitative estimate of drug-likeness (QED) is 0.832. The fourth-order valence-corrected chi connectivity index (χ4v) is 3.89. The second-order valence-electron chi connectivity index (χ2n) is 4.73. The predicted octanol–water partition coefficient (Wildman–Crippen LogP) is 2.58. The molecule has 2 atom stereocenters. The van der Waals surface area contributed by atoms with Crippen molar-refractivity contribution in [2.24, 2.45) is 0 Å². The standard InChI is InChI=1S/C11H18F3NOS/c12-11(13,14)4-2-9-10(16-6-5-15-9)3-1-7-17-8-10/h9,15H,1-8H2. The molecule has 0 bridgehead atoms. The lowest BCUT2D eigenvalue weighted by molar-refractivity contribution is -0.146. The molecule has 0 radical (unpaired) electrons. The monoisotopic (exact) mass is 269 g/mol. The number of thioether (sulfide) groups is 1. The third-order valence-corrected chi connectivity index (χ3v) is 4.74. The smallest absolute Gasteiger partial charge is 0.371 e. The van der Waals surface area contributed by atoms with Crippen LogP contribution < -0.4 is 5.32 Å². The molecule has 2 nitrogen and oxygen atoms in total. The first kappa shape index (κ1) is 13.5. The largest absolute Gasteiger partial charge is 0.389 e. The molecular formula is C11H18F3NOS. The van der Waals surface area contributed by atoms with Gasteiger partial charge in [0.1, 0.15) is 0 Å². The highest BCUT2D eigenvalue weighted by Gasteiger charge is 2.44. The van der Waals surface area contributed by atoms with E-state index in [1.165, 1.54) is 0 Å². The Morgan fingerprint density at radius 1 is 1.41 bits per heavy atom. The van der Waals surface area contributed by atoms with Gasteiger partial charge in [0.25, 0.3) is 0 Å². The number of alkyl halides is 3. The normalized spacial score (nSPS) is 35.1. The van der Waals surface area contributed by atoms with Crippen LogP contribution in [0.2, 0.25) is 0 Å². The minimum Gasteiger partial charge on any atom is -0.371 e. The van der Waals surface area contributed by atoms with E-state index in [2.05, 4.69) is 5.32 Å². The van der Waals surface area contributed by atoms with E-state index in [0.29, 0.717) is 13.2 Å². The molecule has 2 aliphatic heterocycles. The number of hydrogen-bond donors (Lipinski definition) is 1. The van der Waals surface area contributed by atoms with Crippen LogP contribution in [-0.4, -0.2) is 42.5 Å². The summed E-state index contributed by atoms with van der Waals surface area (Å²) in [6.07, 6.45) is -2.74. The molecule has 0 aromatic carbocycles. The van der Waals surface area contributed by atoms with E-state index in [1.807, 2.05) is 0 Å². The number of halogens is 3. The first-order chi connectivity index (χ1) is 8.02. The summed E-state index contributed by atoms with van der Waals surface area (Å²) < 4.78 is 42.7. The molecule has 1 N–H and O–H groups in total. The summed E-state index contributed by atoms with van der Waals surface area (Å²) in [5.74, 6) is 1.92. The molecule has 100 valence electrons. The van der Waals surface area contributed by atoms with E-state index >= 15 is 0 Å². The van der Waals surface area contributed by atoms with Gasteiger partial charge >= 0.3 is 6.18 Å². The molecule has 0 aliphatic carbocycles. The van der Waals surface area contributed by atoms with Gasteiger partial charge in [-0.1, -0.05) is 0 Å². The maximum absolute atomic E-state index is 12.3. The molecule has 0 saturated carbocycles. The summed E-state index contributed by atoms with van der Waals surface area (Å²) in [7, 11) is 0. The summed E-state index contributed by atoms with van der Waals surface area (Å²) in [5.41, 5.74) is -0.355. The molecule has 0 amide bonds. The van der Waals surface area contributed by atoms with Gasteiger partial charge in [-0.25, -0.2) is 0 Å². The van der Waals surface area contributed by atoms with Gasteiger partial charge in [-0.2, -0.15) is 24.9 Å². The SMILES string of the molecule is FC(F)(F)CCC1NCCOC12CCCSC2. The van der Waals surface area contributed by atoms with E-state index in [-0.39, 0.29) is 18.1 Å². The predicted molar refractivity (Wildman–Crippen MR) is 62.3 cm³/mol. The summed E-state index contributed by atoms with van der Waals surface area (Å²) in [6.45, 7) is 1.28. The summed E-state index contributed by atoms with van der Waals surface area (Å²) in [6, 6.07) is -0.148. The van der Waals surface area contributed by atoms with Gasteiger partial charge in [0, 0.05) is 24.8 Å². The van der Waals surface area contributed by atoms with Crippen molar-refractivity contribution in [2.45, 2.75) is 43.5 Å². The first-order valence-electron chi connectivity index (χ1n) is 6.04. The molecule has 0 aromatic heterocycles. The molecule has 2 aliphatic rings. The van der Waals surface area contributed by atoms with Crippen LogP contribution in [0.25, 0.3) is 0 Å². The number of nitrogens with one attached hydrogen (secondary N) is 1. The molecule has 2 heterocycles. The van der Waals surface area contributed by atoms with Crippen molar-refractivity contribution in [3.63, 3.8) is 0 Å². The van der Waals surface area contributed by atoms with Crippen LogP contribution in [0.4, 0.5) is 13.2 Å². The third kappa shape index (κ3) is 3.51. The molecule has 6 heteroatoms. The molecule has 2 saturated heterocycles. The van der Waals surface area contributed by atoms with E-state index in [1.54, 1.807) is 11.8 Å². The van der Waals surface area contributed by atoms with E-state index < -0.39 is 12.6 Å². The Bertz CT molecular complexity index is 245. The summed E-state index contributed by atoms with van der Waals surface area (Å²) in [5, 5.41) is 3.21. The average molecular weight is 269 g/mol. The van der Waals surface area contributed by atoms with Crippen LogP contribution in [0.1, 0.15) is 25.7 Å². The molecular weight excluding hydrogens is 251 g/mol. The van der Waals surface area contributed by atoms with E-state index in [0.717, 1.165) is 24.3 Å². The summed E-state index contributed by atoms with van der Waals surface area (Å²) in [4.78, 5) is 0. The number of rotatable bonds is 2. The Labute approximate surface area is 104 Å². The van der Waals surface area contributed by atoms with Crippen LogP contribution in [0.3, 0.4) is 0 Å². The second kappa shape index (κ2) is 5.36. The van der Waals surface area contributed by atoms with Crippen LogP contribution >= 0.6 is 11.8 Å². The van der Waals surface area contributed by atoms with E-state index in [9.17, 15) is 13.2 Å². The zero-order valence-electron chi connectivity index (χ0n) is 9.68. The minimum absolute atomic E-state index is 0.129. The Hall–Kier alpha value is 0.0600. The Balaban J connectivity index is 1.96. The fraction of sp³-hybridized carbons (Fsp3) is 1.00. The number of morpholine rings is 1. The van der Waals surface area contributed by atoms with Crippen molar-refractivity contribution in [1.29, 1.82) is 0 Å². The maximum atomic E-state index is 12.3. The van der Waals surface area contributed by atoms with Crippen molar-refractivity contribution in [3.8, 4) is 0 Å². The minimum atomic E-state index is -4.07.